The van der Waals surface area contributed by atoms with Crippen LogP contribution in [0.2, 0.25) is 0 Å². The molecule has 2 N–H and O–H groups in total. The Hall–Kier alpha value is -1.55. The third-order valence-electron chi connectivity index (χ3n) is 4.35. The molecule has 4 heteroatoms. The van der Waals surface area contributed by atoms with Crippen molar-refractivity contribution in [1.29, 1.82) is 0 Å². The Balaban J connectivity index is 1.74. The van der Waals surface area contributed by atoms with Crippen LogP contribution < -0.4 is 10.6 Å². The molecule has 2 aliphatic rings. The number of aryl methyl sites for hydroxylation is 1. The van der Waals surface area contributed by atoms with E-state index in [4.69, 9.17) is 4.74 Å². The molecule has 4 nitrogen and oxygen atoms in total. The minimum atomic E-state index is -0.148. The summed E-state index contributed by atoms with van der Waals surface area (Å²) in [5, 5.41) is 6.56. The second-order valence-electron chi connectivity index (χ2n) is 6.64. The summed E-state index contributed by atoms with van der Waals surface area (Å²) in [6.45, 7) is 5.82. The molecule has 0 radical (unpaired) electrons. The van der Waals surface area contributed by atoms with Gasteiger partial charge in [0.05, 0.1) is 16.9 Å². The van der Waals surface area contributed by atoms with E-state index >= 15 is 0 Å². The van der Waals surface area contributed by atoms with Gasteiger partial charge in [0.2, 0.25) is 0 Å². The van der Waals surface area contributed by atoms with Crippen molar-refractivity contribution in [2.45, 2.75) is 51.2 Å². The zero-order valence-electron chi connectivity index (χ0n) is 12.9. The topological polar surface area (TPSA) is 50.4 Å². The van der Waals surface area contributed by atoms with Crippen LogP contribution in [0, 0.1) is 0 Å². The van der Waals surface area contributed by atoms with Gasteiger partial charge in [-0.1, -0.05) is 12.1 Å². The molecule has 1 saturated heterocycles. The second-order valence-corrected chi connectivity index (χ2v) is 6.64. The zero-order valence-corrected chi connectivity index (χ0v) is 12.9. The van der Waals surface area contributed by atoms with Crippen LogP contribution in [0.15, 0.2) is 18.2 Å². The number of rotatable bonds is 2. The molecule has 3 rings (SSSR count). The number of hydrogen-bond donors (Lipinski definition) is 2. The molecule has 0 bridgehead atoms. The van der Waals surface area contributed by atoms with E-state index in [0.29, 0.717) is 6.61 Å². The van der Waals surface area contributed by atoms with Crippen LogP contribution in [0.25, 0.3) is 0 Å². The van der Waals surface area contributed by atoms with Gasteiger partial charge in [0.15, 0.2) is 0 Å². The first-order chi connectivity index (χ1) is 10.1. The Kier molecular flexibility index (Phi) is 3.89. The van der Waals surface area contributed by atoms with Gasteiger partial charge in [-0.3, -0.25) is 4.79 Å². The van der Waals surface area contributed by atoms with Gasteiger partial charge in [-0.2, -0.15) is 0 Å². The first-order valence-corrected chi connectivity index (χ1v) is 7.86. The highest BCUT2D eigenvalue weighted by Crippen LogP contribution is 2.27. The number of anilines is 1. The molecular formula is C17H24N2O2. The summed E-state index contributed by atoms with van der Waals surface area (Å²) >= 11 is 0. The summed E-state index contributed by atoms with van der Waals surface area (Å²) in [7, 11) is 0. The lowest BCUT2D eigenvalue weighted by Gasteiger charge is -2.36. The highest BCUT2D eigenvalue weighted by Gasteiger charge is 2.30. The van der Waals surface area contributed by atoms with Gasteiger partial charge in [0.1, 0.15) is 0 Å². The summed E-state index contributed by atoms with van der Waals surface area (Å²) in [4.78, 5) is 12.6. The van der Waals surface area contributed by atoms with E-state index in [0.717, 1.165) is 43.5 Å². The van der Waals surface area contributed by atoms with Gasteiger partial charge >= 0.3 is 0 Å². The number of benzene rings is 1. The maximum atomic E-state index is 12.6. The van der Waals surface area contributed by atoms with E-state index in [9.17, 15) is 4.79 Å². The number of fused-ring (bicyclic) bond motifs is 1. The van der Waals surface area contributed by atoms with Crippen molar-refractivity contribution in [2.75, 3.05) is 18.5 Å². The van der Waals surface area contributed by atoms with Crippen molar-refractivity contribution in [2.24, 2.45) is 0 Å². The Morgan fingerprint density at radius 2 is 2.29 bits per heavy atom. The zero-order chi connectivity index (χ0) is 14.9. The molecular weight excluding hydrogens is 264 g/mol. The predicted octanol–water partition coefficient (Wildman–Crippen LogP) is 2.73. The number of ether oxygens (including phenoxy) is 1. The molecule has 0 spiro atoms. The lowest BCUT2D eigenvalue weighted by molar-refractivity contribution is -0.0615. The molecule has 0 saturated carbocycles. The van der Waals surface area contributed by atoms with Gasteiger partial charge in [-0.05, 0) is 51.2 Å². The second kappa shape index (κ2) is 5.68. The van der Waals surface area contributed by atoms with Crippen LogP contribution in [0.5, 0.6) is 0 Å². The van der Waals surface area contributed by atoms with Gasteiger partial charge < -0.3 is 15.4 Å². The monoisotopic (exact) mass is 288 g/mol. The molecule has 21 heavy (non-hydrogen) atoms. The number of para-hydroxylation sites is 1. The number of hydrogen-bond acceptors (Lipinski definition) is 3. The van der Waals surface area contributed by atoms with Crippen LogP contribution in [-0.4, -0.2) is 30.7 Å². The van der Waals surface area contributed by atoms with Crippen molar-refractivity contribution in [3.63, 3.8) is 0 Å². The number of carbonyl (C=O) groups is 1. The van der Waals surface area contributed by atoms with E-state index in [2.05, 4.69) is 30.5 Å². The van der Waals surface area contributed by atoms with Gasteiger partial charge in [-0.25, -0.2) is 0 Å². The first kappa shape index (κ1) is 14.4. The minimum absolute atomic E-state index is 0.0314. The molecule has 2 aliphatic heterocycles. The molecule has 1 fully saturated rings. The lowest BCUT2D eigenvalue weighted by atomic mass is 9.93. The Labute approximate surface area is 126 Å². The largest absolute Gasteiger partial charge is 0.384 e. The van der Waals surface area contributed by atoms with E-state index < -0.39 is 0 Å². The molecule has 0 aliphatic carbocycles. The van der Waals surface area contributed by atoms with Crippen molar-refractivity contribution in [1.82, 2.24) is 5.32 Å². The van der Waals surface area contributed by atoms with E-state index in [1.54, 1.807) is 0 Å². The Bertz CT molecular complexity index is 540. The Morgan fingerprint density at radius 1 is 1.43 bits per heavy atom. The number of nitrogens with one attached hydrogen (secondary N) is 2. The highest BCUT2D eigenvalue weighted by molar-refractivity contribution is 6.00. The van der Waals surface area contributed by atoms with E-state index in [-0.39, 0.29) is 17.6 Å². The van der Waals surface area contributed by atoms with Gasteiger partial charge in [0, 0.05) is 19.2 Å². The van der Waals surface area contributed by atoms with Crippen LogP contribution in [0.3, 0.4) is 0 Å². The molecule has 1 aromatic carbocycles. The van der Waals surface area contributed by atoms with Crippen molar-refractivity contribution < 1.29 is 9.53 Å². The number of carbonyl (C=O) groups excluding carboxylic acids is 1. The van der Waals surface area contributed by atoms with Crippen LogP contribution in [-0.2, 0) is 11.2 Å². The fraction of sp³-hybridized carbons (Fsp3) is 0.588. The molecule has 114 valence electrons. The molecule has 1 atom stereocenters. The number of amides is 1. The van der Waals surface area contributed by atoms with Crippen LogP contribution in [0.4, 0.5) is 5.69 Å². The fourth-order valence-electron chi connectivity index (χ4n) is 3.32. The van der Waals surface area contributed by atoms with Crippen molar-refractivity contribution >= 4 is 11.6 Å². The SMILES string of the molecule is CC1(C)CC(NC(=O)c2cccc3c2NCCC3)CCO1. The quantitative estimate of drug-likeness (QED) is 0.880. The summed E-state index contributed by atoms with van der Waals surface area (Å²) < 4.78 is 5.71. The summed E-state index contributed by atoms with van der Waals surface area (Å²) in [6, 6.07) is 6.20. The van der Waals surface area contributed by atoms with Crippen LogP contribution in [0.1, 0.15) is 49.0 Å². The molecule has 0 aromatic heterocycles. The molecule has 1 unspecified atom stereocenters. The minimum Gasteiger partial charge on any atom is -0.384 e. The van der Waals surface area contributed by atoms with Crippen molar-refractivity contribution in [3.05, 3.63) is 29.3 Å². The molecule has 2 heterocycles. The average Bonchev–Trinajstić information content (AvgIpc) is 2.45. The molecule has 1 amide bonds. The normalized spacial score (nSPS) is 23.8. The third-order valence-corrected chi connectivity index (χ3v) is 4.35. The maximum Gasteiger partial charge on any atom is 0.253 e. The van der Waals surface area contributed by atoms with E-state index in [1.807, 2.05) is 12.1 Å². The van der Waals surface area contributed by atoms with Crippen LogP contribution >= 0.6 is 0 Å². The molecule has 1 aromatic rings. The maximum absolute atomic E-state index is 12.6. The summed E-state index contributed by atoms with van der Waals surface area (Å²) in [5.74, 6) is 0.0314. The predicted molar refractivity (Wildman–Crippen MR) is 83.8 cm³/mol. The fourth-order valence-corrected chi connectivity index (χ4v) is 3.32. The van der Waals surface area contributed by atoms with Gasteiger partial charge in [0.25, 0.3) is 5.91 Å². The first-order valence-electron chi connectivity index (χ1n) is 7.86. The average molecular weight is 288 g/mol. The van der Waals surface area contributed by atoms with E-state index in [1.165, 1.54) is 5.56 Å². The lowest BCUT2D eigenvalue weighted by Crippen LogP contribution is -2.46. The standard InChI is InChI=1S/C17H24N2O2/c1-17(2)11-13(8-10-21-17)19-16(20)14-7-3-5-12-6-4-9-18-15(12)14/h3,5,7,13,18H,4,6,8-11H2,1-2H3,(H,19,20). The smallest absolute Gasteiger partial charge is 0.253 e. The Morgan fingerprint density at radius 3 is 3.10 bits per heavy atom. The summed E-state index contributed by atoms with van der Waals surface area (Å²) in [5.41, 5.74) is 2.90. The summed E-state index contributed by atoms with van der Waals surface area (Å²) in [6.07, 6.45) is 3.93. The van der Waals surface area contributed by atoms with Crippen molar-refractivity contribution in [3.8, 4) is 0 Å². The van der Waals surface area contributed by atoms with Gasteiger partial charge in [-0.15, -0.1) is 0 Å². The third kappa shape index (κ3) is 3.21. The highest BCUT2D eigenvalue weighted by atomic mass is 16.5.